The van der Waals surface area contributed by atoms with Crippen LogP contribution in [0, 0.1) is 18.3 Å². The van der Waals surface area contributed by atoms with Gasteiger partial charge < -0.3 is 10.6 Å². The molecule has 4 heteroatoms. The van der Waals surface area contributed by atoms with Gasteiger partial charge in [-0.3, -0.25) is 4.79 Å². The summed E-state index contributed by atoms with van der Waals surface area (Å²) in [5, 5.41) is 7.08. The molecule has 3 nitrogen and oxygen atoms in total. The molecule has 1 amide bonds. The van der Waals surface area contributed by atoms with Gasteiger partial charge >= 0.3 is 0 Å². The van der Waals surface area contributed by atoms with Gasteiger partial charge in [0.15, 0.2) is 0 Å². The van der Waals surface area contributed by atoms with E-state index in [1.165, 1.54) is 6.42 Å². The zero-order valence-corrected chi connectivity index (χ0v) is 12.6. The standard InChI is InChI=1S/C16H21ClN2O/c1-11-5-6-14(13(17)8-11)19-15(20)16-7-3-2-4-12(16)9-18-10-16/h5-6,8,12,18H,2-4,7,9-10H2,1H3,(H,19,20)/t12-,16+/m0/s1. The number of nitrogens with one attached hydrogen (secondary N) is 2. The Morgan fingerprint density at radius 2 is 2.30 bits per heavy atom. The van der Waals surface area contributed by atoms with Gasteiger partial charge in [0.25, 0.3) is 0 Å². The molecule has 0 unspecified atom stereocenters. The van der Waals surface area contributed by atoms with E-state index in [9.17, 15) is 4.79 Å². The Morgan fingerprint density at radius 3 is 3.10 bits per heavy atom. The molecule has 1 saturated carbocycles. The fraction of sp³-hybridized carbons (Fsp3) is 0.562. The van der Waals surface area contributed by atoms with Crippen molar-refractivity contribution in [2.24, 2.45) is 11.3 Å². The van der Waals surface area contributed by atoms with E-state index in [-0.39, 0.29) is 11.3 Å². The number of carbonyl (C=O) groups excluding carboxylic acids is 1. The summed E-state index contributed by atoms with van der Waals surface area (Å²) >= 11 is 6.22. The molecule has 0 bridgehead atoms. The minimum Gasteiger partial charge on any atom is -0.324 e. The van der Waals surface area contributed by atoms with Crippen molar-refractivity contribution >= 4 is 23.2 Å². The van der Waals surface area contributed by atoms with Crippen molar-refractivity contribution < 1.29 is 4.79 Å². The van der Waals surface area contributed by atoms with Crippen LogP contribution in [0.4, 0.5) is 5.69 Å². The third-order valence-electron chi connectivity index (χ3n) is 4.86. The number of carbonyl (C=O) groups is 1. The summed E-state index contributed by atoms with van der Waals surface area (Å²) in [4.78, 5) is 12.8. The quantitative estimate of drug-likeness (QED) is 0.877. The molecule has 108 valence electrons. The fourth-order valence-corrected chi connectivity index (χ4v) is 3.94. The molecule has 1 heterocycles. The predicted molar refractivity (Wildman–Crippen MR) is 82.1 cm³/mol. The molecule has 20 heavy (non-hydrogen) atoms. The first-order valence-corrected chi connectivity index (χ1v) is 7.78. The number of amides is 1. The summed E-state index contributed by atoms with van der Waals surface area (Å²) in [7, 11) is 0. The van der Waals surface area contributed by atoms with E-state index in [1.807, 2.05) is 25.1 Å². The van der Waals surface area contributed by atoms with Crippen LogP contribution >= 0.6 is 11.6 Å². The molecular weight excluding hydrogens is 272 g/mol. The maximum Gasteiger partial charge on any atom is 0.232 e. The lowest BCUT2D eigenvalue weighted by molar-refractivity contribution is -0.128. The molecule has 2 atom stereocenters. The SMILES string of the molecule is Cc1ccc(NC(=O)[C@@]23CCCC[C@H]2CNC3)c(Cl)c1. The van der Waals surface area contributed by atoms with E-state index < -0.39 is 0 Å². The molecule has 2 fully saturated rings. The van der Waals surface area contributed by atoms with Crippen molar-refractivity contribution in [3.05, 3.63) is 28.8 Å². The number of halogens is 1. The summed E-state index contributed by atoms with van der Waals surface area (Å²) in [5.74, 6) is 0.610. The van der Waals surface area contributed by atoms with Crippen molar-refractivity contribution in [2.45, 2.75) is 32.6 Å². The zero-order chi connectivity index (χ0) is 14.2. The number of hydrogen-bond acceptors (Lipinski definition) is 2. The Labute approximate surface area is 125 Å². The van der Waals surface area contributed by atoms with E-state index >= 15 is 0 Å². The average Bonchev–Trinajstić information content (AvgIpc) is 2.87. The number of anilines is 1. The van der Waals surface area contributed by atoms with E-state index in [2.05, 4.69) is 10.6 Å². The zero-order valence-electron chi connectivity index (χ0n) is 11.8. The number of fused-ring (bicyclic) bond motifs is 1. The van der Waals surface area contributed by atoms with Crippen molar-refractivity contribution in [3.8, 4) is 0 Å². The third-order valence-corrected chi connectivity index (χ3v) is 5.18. The maximum atomic E-state index is 12.8. The van der Waals surface area contributed by atoms with Gasteiger partial charge in [0.05, 0.1) is 16.1 Å². The number of rotatable bonds is 2. The van der Waals surface area contributed by atoms with E-state index in [0.29, 0.717) is 10.9 Å². The second-order valence-corrected chi connectivity index (χ2v) is 6.57. The summed E-state index contributed by atoms with van der Waals surface area (Å²) in [6, 6.07) is 5.76. The van der Waals surface area contributed by atoms with Crippen LogP contribution in [0.5, 0.6) is 0 Å². The van der Waals surface area contributed by atoms with Gasteiger partial charge in [0.1, 0.15) is 0 Å². The molecule has 1 aromatic rings. The van der Waals surface area contributed by atoms with Crippen LogP contribution in [0.25, 0.3) is 0 Å². The molecule has 0 spiro atoms. The average molecular weight is 293 g/mol. The Morgan fingerprint density at radius 1 is 1.45 bits per heavy atom. The minimum atomic E-state index is -0.230. The van der Waals surface area contributed by atoms with Crippen LogP contribution in [-0.2, 0) is 4.79 Å². The normalized spacial score (nSPS) is 29.0. The largest absolute Gasteiger partial charge is 0.324 e. The highest BCUT2D eigenvalue weighted by Gasteiger charge is 2.49. The Hall–Kier alpha value is -1.06. The summed E-state index contributed by atoms with van der Waals surface area (Å²) in [5.41, 5.74) is 1.60. The number of benzene rings is 1. The topological polar surface area (TPSA) is 41.1 Å². The van der Waals surface area contributed by atoms with Gasteiger partial charge in [-0.25, -0.2) is 0 Å². The van der Waals surface area contributed by atoms with Gasteiger partial charge in [0, 0.05) is 6.54 Å². The molecule has 1 aliphatic carbocycles. The van der Waals surface area contributed by atoms with Crippen molar-refractivity contribution in [1.82, 2.24) is 5.32 Å². The highest BCUT2D eigenvalue weighted by atomic mass is 35.5. The van der Waals surface area contributed by atoms with Gasteiger partial charge in [0.2, 0.25) is 5.91 Å². The van der Waals surface area contributed by atoms with Gasteiger partial charge in [-0.2, -0.15) is 0 Å². The molecule has 0 radical (unpaired) electrons. The first-order chi connectivity index (χ1) is 9.62. The minimum absolute atomic E-state index is 0.137. The smallest absolute Gasteiger partial charge is 0.232 e. The van der Waals surface area contributed by atoms with Crippen molar-refractivity contribution in [2.75, 3.05) is 18.4 Å². The van der Waals surface area contributed by atoms with Crippen LogP contribution in [0.15, 0.2) is 18.2 Å². The van der Waals surface area contributed by atoms with Crippen molar-refractivity contribution in [3.63, 3.8) is 0 Å². The highest BCUT2D eigenvalue weighted by molar-refractivity contribution is 6.33. The fourth-order valence-electron chi connectivity index (χ4n) is 3.66. The molecule has 1 aromatic carbocycles. The Bertz CT molecular complexity index is 531. The summed E-state index contributed by atoms with van der Waals surface area (Å²) in [6.07, 6.45) is 4.53. The molecule has 1 saturated heterocycles. The number of aryl methyl sites for hydroxylation is 1. The molecule has 0 aromatic heterocycles. The summed E-state index contributed by atoms with van der Waals surface area (Å²) in [6.45, 7) is 3.76. The molecular formula is C16H21ClN2O. The van der Waals surface area contributed by atoms with E-state index in [4.69, 9.17) is 11.6 Å². The van der Waals surface area contributed by atoms with Gasteiger partial charge in [-0.15, -0.1) is 0 Å². The predicted octanol–water partition coefficient (Wildman–Crippen LogP) is 3.37. The Kier molecular flexibility index (Phi) is 3.74. The second kappa shape index (κ2) is 5.38. The Balaban J connectivity index is 1.81. The maximum absolute atomic E-state index is 12.8. The van der Waals surface area contributed by atoms with Gasteiger partial charge in [-0.05, 0) is 49.9 Å². The monoisotopic (exact) mass is 292 g/mol. The van der Waals surface area contributed by atoms with Crippen LogP contribution in [0.3, 0.4) is 0 Å². The third kappa shape index (κ3) is 2.33. The van der Waals surface area contributed by atoms with E-state index in [0.717, 1.165) is 43.6 Å². The molecule has 1 aliphatic heterocycles. The second-order valence-electron chi connectivity index (χ2n) is 6.17. The van der Waals surface area contributed by atoms with E-state index in [1.54, 1.807) is 0 Å². The van der Waals surface area contributed by atoms with Crippen LogP contribution < -0.4 is 10.6 Å². The number of hydrogen-bond donors (Lipinski definition) is 2. The van der Waals surface area contributed by atoms with Crippen LogP contribution in [-0.4, -0.2) is 19.0 Å². The highest BCUT2D eigenvalue weighted by Crippen LogP contribution is 2.44. The molecule has 2 aliphatic rings. The molecule has 2 N–H and O–H groups in total. The van der Waals surface area contributed by atoms with Gasteiger partial charge in [-0.1, -0.05) is 30.5 Å². The first kappa shape index (κ1) is 13.9. The molecule has 3 rings (SSSR count). The van der Waals surface area contributed by atoms with Crippen molar-refractivity contribution in [1.29, 1.82) is 0 Å². The lowest BCUT2D eigenvalue weighted by Gasteiger charge is -2.37. The lowest BCUT2D eigenvalue weighted by Crippen LogP contribution is -2.44. The van der Waals surface area contributed by atoms with Crippen LogP contribution in [0.2, 0.25) is 5.02 Å². The lowest BCUT2D eigenvalue weighted by atomic mass is 9.67. The van der Waals surface area contributed by atoms with Crippen LogP contribution in [0.1, 0.15) is 31.2 Å². The first-order valence-electron chi connectivity index (χ1n) is 7.40. The summed E-state index contributed by atoms with van der Waals surface area (Å²) < 4.78 is 0.